The van der Waals surface area contributed by atoms with Crippen molar-refractivity contribution >= 4 is 17.1 Å². The van der Waals surface area contributed by atoms with Gasteiger partial charge in [0.2, 0.25) is 0 Å². The number of likely N-dealkylation sites (N-methyl/N-ethyl adjacent to an activating group) is 1. The van der Waals surface area contributed by atoms with Crippen LogP contribution in [0, 0.1) is 11.3 Å². The molecule has 1 aromatic heterocycles. The lowest BCUT2D eigenvalue weighted by Crippen LogP contribution is -2.46. The van der Waals surface area contributed by atoms with Gasteiger partial charge >= 0.3 is 0 Å². The van der Waals surface area contributed by atoms with Crippen LogP contribution in [0.15, 0.2) is 11.4 Å². The molecule has 2 heterocycles. The van der Waals surface area contributed by atoms with Crippen molar-refractivity contribution in [2.24, 2.45) is 0 Å². The standard InChI is InChI=1S/C13H17N3OS/c1-15-4-6-16(7-5-15)9-12(17)13-8-11(2-3-14)10-18-13/h8,10H,2,4-7,9H2,1H3. The summed E-state index contributed by atoms with van der Waals surface area (Å²) in [6.07, 6.45) is 0.387. The minimum absolute atomic E-state index is 0.175. The highest BCUT2D eigenvalue weighted by atomic mass is 32.1. The number of hydrogen-bond acceptors (Lipinski definition) is 5. The number of thiophene rings is 1. The van der Waals surface area contributed by atoms with E-state index in [2.05, 4.69) is 22.9 Å². The Morgan fingerprint density at radius 2 is 2.17 bits per heavy atom. The van der Waals surface area contributed by atoms with Gasteiger partial charge in [-0.05, 0) is 24.1 Å². The first-order valence-electron chi connectivity index (χ1n) is 6.07. The second kappa shape index (κ2) is 6.10. The van der Waals surface area contributed by atoms with E-state index in [0.717, 1.165) is 36.6 Å². The van der Waals surface area contributed by atoms with Crippen molar-refractivity contribution in [3.05, 3.63) is 21.9 Å². The van der Waals surface area contributed by atoms with E-state index in [4.69, 9.17) is 5.26 Å². The largest absolute Gasteiger partial charge is 0.304 e. The lowest BCUT2D eigenvalue weighted by Gasteiger charge is -2.31. The van der Waals surface area contributed by atoms with Crippen LogP contribution in [0.25, 0.3) is 0 Å². The first-order chi connectivity index (χ1) is 8.69. The zero-order valence-corrected chi connectivity index (χ0v) is 11.4. The van der Waals surface area contributed by atoms with Crippen molar-refractivity contribution in [1.29, 1.82) is 5.26 Å². The highest BCUT2D eigenvalue weighted by Gasteiger charge is 2.18. The number of Topliss-reactive ketones (excluding diaryl/α,β-unsaturated/α-hetero) is 1. The average Bonchev–Trinajstić information content (AvgIpc) is 2.81. The van der Waals surface area contributed by atoms with Gasteiger partial charge in [0.25, 0.3) is 0 Å². The second-order valence-electron chi connectivity index (χ2n) is 4.66. The molecule has 0 bridgehead atoms. The SMILES string of the molecule is CN1CCN(CC(=O)c2cc(CC#N)cs2)CC1. The van der Waals surface area contributed by atoms with E-state index in [1.54, 1.807) is 0 Å². The summed E-state index contributed by atoms with van der Waals surface area (Å²) in [5.41, 5.74) is 0.948. The van der Waals surface area contributed by atoms with Crippen LogP contribution >= 0.6 is 11.3 Å². The fraction of sp³-hybridized carbons (Fsp3) is 0.538. The summed E-state index contributed by atoms with van der Waals surface area (Å²) >= 11 is 1.45. The molecule has 1 aromatic rings. The van der Waals surface area contributed by atoms with Crippen molar-refractivity contribution < 1.29 is 4.79 Å². The van der Waals surface area contributed by atoms with Crippen LogP contribution in [-0.2, 0) is 6.42 Å². The van der Waals surface area contributed by atoms with E-state index in [9.17, 15) is 4.79 Å². The third-order valence-electron chi connectivity index (χ3n) is 3.17. The van der Waals surface area contributed by atoms with Gasteiger partial charge in [0.1, 0.15) is 0 Å². The fourth-order valence-corrected chi connectivity index (χ4v) is 2.84. The molecule has 1 aliphatic rings. The maximum atomic E-state index is 12.1. The third kappa shape index (κ3) is 3.39. The zero-order chi connectivity index (χ0) is 13.0. The molecule has 5 heteroatoms. The lowest BCUT2D eigenvalue weighted by atomic mass is 10.2. The second-order valence-corrected chi connectivity index (χ2v) is 5.57. The summed E-state index contributed by atoms with van der Waals surface area (Å²) in [5.74, 6) is 0.175. The molecular weight excluding hydrogens is 246 g/mol. The van der Waals surface area contributed by atoms with E-state index >= 15 is 0 Å². The van der Waals surface area contributed by atoms with E-state index in [1.165, 1.54) is 11.3 Å². The van der Waals surface area contributed by atoms with Crippen LogP contribution in [0.5, 0.6) is 0 Å². The summed E-state index contributed by atoms with van der Waals surface area (Å²) in [5, 5.41) is 10.5. The van der Waals surface area contributed by atoms with Crippen molar-refractivity contribution in [3.63, 3.8) is 0 Å². The van der Waals surface area contributed by atoms with Crippen LogP contribution in [0.3, 0.4) is 0 Å². The number of carbonyl (C=O) groups excluding carboxylic acids is 1. The predicted octanol–water partition coefficient (Wildman–Crippen LogP) is 1.24. The van der Waals surface area contributed by atoms with Gasteiger partial charge in [-0.25, -0.2) is 0 Å². The lowest BCUT2D eigenvalue weighted by molar-refractivity contribution is 0.0880. The first-order valence-corrected chi connectivity index (χ1v) is 6.95. The molecule has 96 valence electrons. The Bertz CT molecular complexity index is 455. The molecule has 0 unspecified atom stereocenters. The summed E-state index contributed by atoms with van der Waals surface area (Å²) in [6, 6.07) is 3.96. The number of rotatable bonds is 4. The Balaban J connectivity index is 1.89. The number of hydrogen-bond donors (Lipinski definition) is 0. The zero-order valence-electron chi connectivity index (χ0n) is 10.6. The molecular formula is C13H17N3OS. The minimum Gasteiger partial charge on any atom is -0.304 e. The quantitative estimate of drug-likeness (QED) is 0.767. The van der Waals surface area contributed by atoms with Crippen LogP contribution in [-0.4, -0.2) is 55.4 Å². The smallest absolute Gasteiger partial charge is 0.186 e. The van der Waals surface area contributed by atoms with Crippen LogP contribution in [0.2, 0.25) is 0 Å². The molecule has 0 spiro atoms. The minimum atomic E-state index is 0.175. The number of piperazine rings is 1. The number of ketones is 1. The number of nitrogens with zero attached hydrogens (tertiary/aromatic N) is 3. The van der Waals surface area contributed by atoms with Crippen molar-refractivity contribution in [2.45, 2.75) is 6.42 Å². The molecule has 0 aromatic carbocycles. The third-order valence-corrected chi connectivity index (χ3v) is 4.19. The molecule has 0 N–H and O–H groups in total. The van der Waals surface area contributed by atoms with Crippen LogP contribution in [0.1, 0.15) is 15.2 Å². The summed E-state index contributed by atoms with van der Waals surface area (Å²) in [4.78, 5) is 17.3. The van der Waals surface area contributed by atoms with E-state index in [1.807, 2.05) is 11.4 Å². The highest BCUT2D eigenvalue weighted by Crippen LogP contribution is 2.16. The van der Waals surface area contributed by atoms with Gasteiger partial charge in [0, 0.05) is 26.2 Å². The van der Waals surface area contributed by atoms with Gasteiger partial charge in [0.15, 0.2) is 5.78 Å². The first kappa shape index (κ1) is 13.2. The number of carbonyl (C=O) groups is 1. The molecule has 0 radical (unpaired) electrons. The normalized spacial score (nSPS) is 17.6. The Morgan fingerprint density at radius 1 is 1.44 bits per heavy atom. The molecule has 1 fully saturated rings. The van der Waals surface area contributed by atoms with Crippen LogP contribution < -0.4 is 0 Å². The Kier molecular flexibility index (Phi) is 4.48. The average molecular weight is 263 g/mol. The summed E-state index contributed by atoms with van der Waals surface area (Å²) < 4.78 is 0. The van der Waals surface area contributed by atoms with Gasteiger partial charge in [-0.15, -0.1) is 11.3 Å². The molecule has 0 amide bonds. The van der Waals surface area contributed by atoms with Crippen molar-refractivity contribution in [2.75, 3.05) is 39.8 Å². The van der Waals surface area contributed by atoms with Crippen LogP contribution in [0.4, 0.5) is 0 Å². The topological polar surface area (TPSA) is 47.3 Å². The highest BCUT2D eigenvalue weighted by molar-refractivity contribution is 7.12. The molecule has 1 aliphatic heterocycles. The fourth-order valence-electron chi connectivity index (χ4n) is 1.99. The summed E-state index contributed by atoms with van der Waals surface area (Å²) in [6.45, 7) is 4.46. The Hall–Kier alpha value is -1.22. The van der Waals surface area contributed by atoms with Gasteiger partial charge in [0.05, 0.1) is 23.9 Å². The Morgan fingerprint density at radius 3 is 2.83 bits per heavy atom. The maximum Gasteiger partial charge on any atom is 0.186 e. The van der Waals surface area contributed by atoms with Gasteiger partial charge in [-0.2, -0.15) is 5.26 Å². The Labute approximate surface area is 111 Å². The summed E-state index contributed by atoms with van der Waals surface area (Å²) in [7, 11) is 2.10. The van der Waals surface area contributed by atoms with Crippen molar-refractivity contribution in [3.8, 4) is 6.07 Å². The molecule has 18 heavy (non-hydrogen) atoms. The van der Waals surface area contributed by atoms with E-state index in [0.29, 0.717) is 13.0 Å². The molecule has 0 atom stereocenters. The maximum absolute atomic E-state index is 12.1. The van der Waals surface area contributed by atoms with E-state index < -0.39 is 0 Å². The molecule has 4 nitrogen and oxygen atoms in total. The molecule has 0 saturated carbocycles. The molecule has 2 rings (SSSR count). The van der Waals surface area contributed by atoms with E-state index in [-0.39, 0.29) is 5.78 Å². The molecule has 1 saturated heterocycles. The van der Waals surface area contributed by atoms with Gasteiger partial charge in [-0.1, -0.05) is 0 Å². The predicted molar refractivity (Wildman–Crippen MR) is 71.9 cm³/mol. The van der Waals surface area contributed by atoms with Gasteiger partial charge in [-0.3, -0.25) is 9.69 Å². The number of nitriles is 1. The van der Waals surface area contributed by atoms with Gasteiger partial charge < -0.3 is 4.90 Å². The van der Waals surface area contributed by atoms with Crippen molar-refractivity contribution in [1.82, 2.24) is 9.80 Å². The molecule has 0 aliphatic carbocycles. The monoisotopic (exact) mass is 263 g/mol.